The van der Waals surface area contributed by atoms with Crippen molar-refractivity contribution in [3.05, 3.63) is 49.9 Å². The maximum Gasteiger partial charge on any atom is 0.290 e. The number of aromatic hydroxyl groups is 1. The van der Waals surface area contributed by atoms with Crippen LogP contribution in [0.1, 0.15) is 11.1 Å². The van der Waals surface area contributed by atoms with Crippen molar-refractivity contribution in [2.24, 2.45) is 0 Å². The zero-order chi connectivity index (χ0) is 13.3. The monoisotopic (exact) mass is 239 g/mol. The van der Waals surface area contributed by atoms with E-state index in [-0.39, 0.29) is 22.0 Å². The number of aromatic amines is 1. The molecule has 0 atom stereocenters. The number of fused-ring (bicyclic) bond motifs is 1. The Morgan fingerprint density at radius 1 is 1.11 bits per heavy atom. The molecule has 0 aliphatic rings. The number of aromatic nitrogens is 1. The van der Waals surface area contributed by atoms with Crippen molar-refractivity contribution in [2.45, 2.75) is 0 Å². The minimum atomic E-state index is -0.895. The van der Waals surface area contributed by atoms with Gasteiger partial charge in [0.05, 0.1) is 28.1 Å². The van der Waals surface area contributed by atoms with E-state index in [1.807, 2.05) is 6.07 Å². The summed E-state index contributed by atoms with van der Waals surface area (Å²) in [4.78, 5) is 25.5. The molecule has 0 amide bonds. The summed E-state index contributed by atoms with van der Waals surface area (Å²) in [6, 6.07) is 6.98. The van der Waals surface area contributed by atoms with Crippen LogP contribution in [0.4, 0.5) is 0 Å². The average Bonchev–Trinajstić information content (AvgIpc) is 2.47. The second-order valence-corrected chi connectivity index (χ2v) is 3.48. The van der Waals surface area contributed by atoms with Gasteiger partial charge < -0.3 is 10.1 Å². The Kier molecular flexibility index (Phi) is 2.55. The average molecular weight is 239 g/mol. The lowest BCUT2D eigenvalue weighted by Crippen LogP contribution is -2.01. The molecule has 2 aromatic rings. The summed E-state index contributed by atoms with van der Waals surface area (Å²) in [6.45, 7) is 0. The molecular formula is C12H5N3O3. The van der Waals surface area contributed by atoms with Crippen LogP contribution in [0.25, 0.3) is 10.9 Å². The van der Waals surface area contributed by atoms with Gasteiger partial charge in [0.15, 0.2) is 11.2 Å². The van der Waals surface area contributed by atoms with E-state index in [4.69, 9.17) is 10.5 Å². The smallest absolute Gasteiger partial charge is 0.290 e. The van der Waals surface area contributed by atoms with Gasteiger partial charge in [0.2, 0.25) is 0 Å². The summed E-state index contributed by atoms with van der Waals surface area (Å²) < 4.78 is 0. The lowest BCUT2D eigenvalue weighted by Gasteiger charge is -1.96. The summed E-state index contributed by atoms with van der Waals surface area (Å²) in [5.74, 6) is -0.760. The molecule has 18 heavy (non-hydrogen) atoms. The van der Waals surface area contributed by atoms with E-state index in [0.29, 0.717) is 0 Å². The van der Waals surface area contributed by atoms with Gasteiger partial charge in [0.25, 0.3) is 5.56 Å². The number of nitriles is 2. The van der Waals surface area contributed by atoms with Gasteiger partial charge in [-0.1, -0.05) is 0 Å². The molecule has 1 aromatic heterocycles. The third-order valence-electron chi connectivity index (χ3n) is 2.43. The summed E-state index contributed by atoms with van der Waals surface area (Å²) >= 11 is 0. The van der Waals surface area contributed by atoms with Crippen molar-refractivity contribution in [2.75, 3.05) is 0 Å². The molecule has 6 nitrogen and oxygen atoms in total. The number of nitrogens with one attached hydrogen (secondary N) is 1. The number of hydrogen-bond acceptors (Lipinski definition) is 5. The van der Waals surface area contributed by atoms with Crippen LogP contribution in [-0.2, 0) is 0 Å². The second-order valence-electron chi connectivity index (χ2n) is 3.48. The van der Waals surface area contributed by atoms with Crippen LogP contribution in [0.5, 0.6) is 5.75 Å². The summed E-state index contributed by atoms with van der Waals surface area (Å²) in [7, 11) is 0. The van der Waals surface area contributed by atoms with Crippen molar-refractivity contribution in [3.63, 3.8) is 0 Å². The molecule has 0 bridgehead atoms. The highest BCUT2D eigenvalue weighted by molar-refractivity contribution is 5.88. The molecule has 0 radical (unpaired) electrons. The Bertz CT molecular complexity index is 854. The third kappa shape index (κ3) is 1.58. The molecule has 0 saturated carbocycles. The van der Waals surface area contributed by atoms with Crippen molar-refractivity contribution in [1.82, 2.24) is 4.98 Å². The lowest BCUT2D eigenvalue weighted by atomic mass is 10.1. The van der Waals surface area contributed by atoms with Gasteiger partial charge in [-0.25, -0.2) is 0 Å². The molecule has 0 saturated heterocycles. The molecular weight excluding hydrogens is 234 g/mol. The highest BCUT2D eigenvalue weighted by Gasteiger charge is 2.10. The predicted octanol–water partition coefficient (Wildman–Crippen LogP) is 0.337. The molecule has 2 rings (SSSR count). The first-order chi connectivity index (χ1) is 8.58. The molecule has 0 unspecified atom stereocenters. The quantitative estimate of drug-likeness (QED) is 0.687. The number of rotatable bonds is 0. The maximum atomic E-state index is 11.8. The fourth-order valence-electron chi connectivity index (χ4n) is 1.61. The predicted molar refractivity (Wildman–Crippen MR) is 61.9 cm³/mol. The Balaban J connectivity index is 3.26. The van der Waals surface area contributed by atoms with E-state index >= 15 is 0 Å². The first kappa shape index (κ1) is 11.4. The number of hydrogen-bond donors (Lipinski definition) is 2. The molecule has 2 N–H and O–H groups in total. The molecule has 0 fully saturated rings. The summed E-state index contributed by atoms with van der Waals surface area (Å²) in [5.41, 5.74) is -1.57. The van der Waals surface area contributed by atoms with E-state index in [1.54, 1.807) is 6.07 Å². The topological polar surface area (TPSA) is 118 Å². The minimum absolute atomic E-state index is 0.0280. The summed E-state index contributed by atoms with van der Waals surface area (Å²) in [5, 5.41) is 27.0. The van der Waals surface area contributed by atoms with Crippen molar-refractivity contribution < 1.29 is 5.11 Å². The van der Waals surface area contributed by atoms with E-state index in [9.17, 15) is 14.7 Å². The largest absolute Gasteiger partial charge is 0.503 e. The maximum absolute atomic E-state index is 11.8. The van der Waals surface area contributed by atoms with Gasteiger partial charge in [-0.05, 0) is 12.1 Å². The molecule has 6 heteroatoms. The van der Waals surface area contributed by atoms with E-state index < -0.39 is 16.7 Å². The molecule has 0 aliphatic heterocycles. The number of nitrogens with zero attached hydrogens (tertiary/aromatic N) is 2. The van der Waals surface area contributed by atoms with Gasteiger partial charge in [-0.15, -0.1) is 0 Å². The lowest BCUT2D eigenvalue weighted by molar-refractivity contribution is 0.468. The molecule has 0 spiro atoms. The first-order valence-electron chi connectivity index (χ1n) is 4.82. The molecule has 1 heterocycles. The van der Waals surface area contributed by atoms with Crippen LogP contribution >= 0.6 is 0 Å². The SMILES string of the molecule is N#Cc1ccc(C#N)c2c(=O)cc(O)c(=O)[nH]c12. The Labute approximate surface area is 100.0 Å². The molecule has 1 aromatic carbocycles. The highest BCUT2D eigenvalue weighted by Crippen LogP contribution is 2.16. The van der Waals surface area contributed by atoms with Gasteiger partial charge in [-0.3, -0.25) is 9.59 Å². The van der Waals surface area contributed by atoms with Crippen LogP contribution < -0.4 is 11.0 Å². The highest BCUT2D eigenvalue weighted by atomic mass is 16.3. The Morgan fingerprint density at radius 2 is 1.72 bits per heavy atom. The van der Waals surface area contributed by atoms with Crippen LogP contribution in [0.3, 0.4) is 0 Å². The molecule has 0 aliphatic carbocycles. The van der Waals surface area contributed by atoms with Crippen molar-refractivity contribution >= 4 is 10.9 Å². The van der Waals surface area contributed by atoms with E-state index in [0.717, 1.165) is 6.07 Å². The fraction of sp³-hybridized carbons (Fsp3) is 0. The van der Waals surface area contributed by atoms with Crippen molar-refractivity contribution in [3.8, 4) is 17.9 Å². The minimum Gasteiger partial charge on any atom is -0.503 e. The normalized spacial score (nSPS) is 9.67. The van der Waals surface area contributed by atoms with Gasteiger partial charge in [-0.2, -0.15) is 10.5 Å². The fourth-order valence-corrected chi connectivity index (χ4v) is 1.61. The third-order valence-corrected chi connectivity index (χ3v) is 2.43. The number of benzene rings is 1. The van der Waals surface area contributed by atoms with Crippen LogP contribution in [0, 0.1) is 22.7 Å². The zero-order valence-electron chi connectivity index (χ0n) is 8.89. The van der Waals surface area contributed by atoms with Crippen molar-refractivity contribution in [1.29, 1.82) is 10.5 Å². The Morgan fingerprint density at radius 3 is 2.33 bits per heavy atom. The van der Waals surface area contributed by atoms with E-state index in [2.05, 4.69) is 4.98 Å². The summed E-state index contributed by atoms with van der Waals surface area (Å²) in [6.07, 6.45) is 0. The van der Waals surface area contributed by atoms with E-state index in [1.165, 1.54) is 12.1 Å². The van der Waals surface area contributed by atoms with Gasteiger partial charge >= 0.3 is 0 Å². The number of H-pyrrole nitrogens is 1. The molecule has 86 valence electrons. The van der Waals surface area contributed by atoms with Crippen LogP contribution in [0.2, 0.25) is 0 Å². The van der Waals surface area contributed by atoms with Gasteiger partial charge in [0.1, 0.15) is 6.07 Å². The van der Waals surface area contributed by atoms with Crippen LogP contribution in [-0.4, -0.2) is 10.1 Å². The standard InChI is InChI=1S/C12H5N3O3/c13-4-6-1-2-7(5-14)11-10(6)8(16)3-9(17)12(18)15-11/h1-3,17H,(H,15,18). The zero-order valence-corrected chi connectivity index (χ0v) is 8.89. The Hall–Kier alpha value is -3.12. The first-order valence-corrected chi connectivity index (χ1v) is 4.82. The van der Waals surface area contributed by atoms with Crippen LogP contribution in [0.15, 0.2) is 27.8 Å². The van der Waals surface area contributed by atoms with Gasteiger partial charge in [0, 0.05) is 6.07 Å². The second kappa shape index (κ2) is 4.04.